The molecule has 0 atom stereocenters. The van der Waals surface area contributed by atoms with Crippen LogP contribution in [-0.2, 0) is 0 Å². The van der Waals surface area contributed by atoms with Gasteiger partial charge in [-0.05, 0) is 67.3 Å². The Labute approximate surface area is 169 Å². The van der Waals surface area contributed by atoms with Gasteiger partial charge in [0.05, 0.1) is 11.5 Å². The summed E-state index contributed by atoms with van der Waals surface area (Å²) in [5.74, 6) is 1.52. The van der Waals surface area contributed by atoms with E-state index in [0.29, 0.717) is 12.5 Å². The third-order valence-corrected chi connectivity index (χ3v) is 6.47. The Morgan fingerprint density at radius 3 is 2.25 bits per heavy atom. The van der Waals surface area contributed by atoms with Gasteiger partial charge in [0, 0.05) is 31.7 Å². The average molecular weight is 399 g/mol. The van der Waals surface area contributed by atoms with Crippen molar-refractivity contribution in [2.75, 3.05) is 32.8 Å². The van der Waals surface area contributed by atoms with E-state index in [1.807, 2.05) is 51.6 Å². The standard InChI is InChI=1S/C22H26N2O3S/c25-21(23-11-1-2-12-23)18-5-7-19(8-6-18)27-16-17-9-13-24(14-10-17)22(26)20-4-3-15-28-20/h3-8,15,17H,1-2,9-14,16H2. The number of ether oxygens (including phenoxy) is 1. The maximum absolute atomic E-state index is 12.4. The zero-order valence-electron chi connectivity index (χ0n) is 16.0. The number of carbonyl (C=O) groups excluding carboxylic acids is 2. The highest BCUT2D eigenvalue weighted by atomic mass is 32.1. The van der Waals surface area contributed by atoms with Crippen molar-refractivity contribution < 1.29 is 14.3 Å². The fourth-order valence-corrected chi connectivity index (χ4v) is 4.56. The van der Waals surface area contributed by atoms with E-state index in [2.05, 4.69) is 0 Å². The molecule has 0 radical (unpaired) electrons. The van der Waals surface area contributed by atoms with Gasteiger partial charge < -0.3 is 14.5 Å². The molecule has 2 saturated heterocycles. The number of rotatable bonds is 5. The smallest absolute Gasteiger partial charge is 0.263 e. The highest BCUT2D eigenvalue weighted by molar-refractivity contribution is 7.12. The summed E-state index contributed by atoms with van der Waals surface area (Å²) in [5, 5.41) is 1.94. The number of likely N-dealkylation sites (tertiary alicyclic amines) is 2. The van der Waals surface area contributed by atoms with Gasteiger partial charge in [-0.1, -0.05) is 6.07 Å². The first kappa shape index (κ1) is 19.0. The fraction of sp³-hybridized carbons (Fsp3) is 0.455. The molecule has 148 valence electrons. The summed E-state index contributed by atoms with van der Waals surface area (Å²) in [4.78, 5) is 29.5. The molecule has 4 rings (SSSR count). The molecule has 3 heterocycles. The van der Waals surface area contributed by atoms with Crippen molar-refractivity contribution in [3.05, 3.63) is 52.2 Å². The molecule has 28 heavy (non-hydrogen) atoms. The van der Waals surface area contributed by atoms with Crippen molar-refractivity contribution in [2.45, 2.75) is 25.7 Å². The zero-order chi connectivity index (χ0) is 19.3. The summed E-state index contributed by atoms with van der Waals surface area (Å²) >= 11 is 1.50. The molecule has 0 spiro atoms. The van der Waals surface area contributed by atoms with Crippen LogP contribution in [0.15, 0.2) is 41.8 Å². The lowest BCUT2D eigenvalue weighted by Crippen LogP contribution is -2.39. The summed E-state index contributed by atoms with van der Waals surface area (Å²) in [6.45, 7) is 3.96. The number of thiophene rings is 1. The first-order valence-electron chi connectivity index (χ1n) is 10.1. The van der Waals surface area contributed by atoms with E-state index in [0.717, 1.165) is 68.1 Å². The van der Waals surface area contributed by atoms with Crippen LogP contribution >= 0.6 is 11.3 Å². The Hall–Kier alpha value is -2.34. The van der Waals surface area contributed by atoms with Crippen molar-refractivity contribution in [3.8, 4) is 5.75 Å². The minimum absolute atomic E-state index is 0.117. The predicted octanol–water partition coefficient (Wildman–Crippen LogP) is 3.92. The molecule has 2 aliphatic heterocycles. The van der Waals surface area contributed by atoms with E-state index in [1.54, 1.807) is 0 Å². The van der Waals surface area contributed by atoms with Crippen molar-refractivity contribution in [3.63, 3.8) is 0 Å². The van der Waals surface area contributed by atoms with Crippen molar-refractivity contribution in [2.24, 2.45) is 5.92 Å². The minimum Gasteiger partial charge on any atom is -0.493 e. The van der Waals surface area contributed by atoms with E-state index in [1.165, 1.54) is 11.3 Å². The lowest BCUT2D eigenvalue weighted by atomic mass is 9.97. The summed E-state index contributed by atoms with van der Waals surface area (Å²) < 4.78 is 5.95. The van der Waals surface area contributed by atoms with E-state index in [-0.39, 0.29) is 11.8 Å². The van der Waals surface area contributed by atoms with Crippen LogP contribution in [0.2, 0.25) is 0 Å². The molecule has 0 N–H and O–H groups in total. The topological polar surface area (TPSA) is 49.9 Å². The van der Waals surface area contributed by atoms with Crippen molar-refractivity contribution in [1.82, 2.24) is 9.80 Å². The normalized spacial score (nSPS) is 17.7. The highest BCUT2D eigenvalue weighted by Gasteiger charge is 2.24. The molecule has 1 aromatic carbocycles. The number of carbonyl (C=O) groups is 2. The minimum atomic E-state index is 0.117. The van der Waals surface area contributed by atoms with Gasteiger partial charge >= 0.3 is 0 Å². The SMILES string of the molecule is O=C(c1ccc(OCC2CCN(C(=O)c3cccs3)CC2)cc1)N1CCCC1. The zero-order valence-corrected chi connectivity index (χ0v) is 16.8. The fourth-order valence-electron chi connectivity index (χ4n) is 3.87. The van der Waals surface area contributed by atoms with Gasteiger partial charge in [-0.2, -0.15) is 0 Å². The summed E-state index contributed by atoms with van der Waals surface area (Å²) in [6, 6.07) is 11.3. The molecule has 0 unspecified atom stereocenters. The van der Waals surface area contributed by atoms with Crippen molar-refractivity contribution in [1.29, 1.82) is 0 Å². The molecular formula is C22H26N2O3S. The molecule has 1 aromatic heterocycles. The quantitative estimate of drug-likeness (QED) is 0.767. The lowest BCUT2D eigenvalue weighted by molar-refractivity contribution is 0.0665. The summed E-state index contributed by atoms with van der Waals surface area (Å²) in [5.41, 5.74) is 0.731. The highest BCUT2D eigenvalue weighted by Crippen LogP contribution is 2.23. The van der Waals surface area contributed by atoms with Crippen LogP contribution in [0.25, 0.3) is 0 Å². The van der Waals surface area contributed by atoms with Crippen LogP contribution in [0.1, 0.15) is 45.7 Å². The number of amides is 2. The Bertz CT molecular complexity index is 790. The van der Waals surface area contributed by atoms with Crippen LogP contribution in [0.5, 0.6) is 5.75 Å². The van der Waals surface area contributed by atoms with E-state index in [9.17, 15) is 9.59 Å². The maximum Gasteiger partial charge on any atom is 0.263 e. The van der Waals surface area contributed by atoms with Gasteiger partial charge in [0.2, 0.25) is 0 Å². The van der Waals surface area contributed by atoms with Gasteiger partial charge in [0.1, 0.15) is 5.75 Å². The number of benzene rings is 1. The van der Waals surface area contributed by atoms with Crippen molar-refractivity contribution >= 4 is 23.2 Å². The molecule has 0 saturated carbocycles. The number of nitrogens with zero attached hydrogens (tertiary/aromatic N) is 2. The monoisotopic (exact) mass is 398 g/mol. The molecule has 2 amide bonds. The van der Waals surface area contributed by atoms with E-state index in [4.69, 9.17) is 4.74 Å². The molecule has 2 aliphatic rings. The molecule has 6 heteroatoms. The Kier molecular flexibility index (Phi) is 5.95. The third-order valence-electron chi connectivity index (χ3n) is 5.61. The molecule has 2 aromatic rings. The lowest BCUT2D eigenvalue weighted by Gasteiger charge is -2.31. The summed E-state index contributed by atoms with van der Waals surface area (Å²) in [6.07, 6.45) is 4.13. The molecular weight excluding hydrogens is 372 g/mol. The van der Waals surface area contributed by atoms with Gasteiger partial charge in [0.15, 0.2) is 0 Å². The first-order valence-corrected chi connectivity index (χ1v) is 10.9. The van der Waals surface area contributed by atoms with E-state index < -0.39 is 0 Å². The Morgan fingerprint density at radius 2 is 1.61 bits per heavy atom. The Balaban J connectivity index is 1.23. The summed E-state index contributed by atoms with van der Waals surface area (Å²) in [7, 11) is 0. The van der Waals surface area contributed by atoms with Gasteiger partial charge in [0.25, 0.3) is 11.8 Å². The number of hydrogen-bond acceptors (Lipinski definition) is 4. The second-order valence-electron chi connectivity index (χ2n) is 7.55. The number of piperidine rings is 1. The van der Waals surface area contributed by atoms with Crippen LogP contribution in [0.4, 0.5) is 0 Å². The van der Waals surface area contributed by atoms with Crippen LogP contribution in [-0.4, -0.2) is 54.4 Å². The van der Waals surface area contributed by atoms with Gasteiger partial charge in [-0.3, -0.25) is 9.59 Å². The molecule has 5 nitrogen and oxygen atoms in total. The van der Waals surface area contributed by atoms with Crippen LogP contribution in [0.3, 0.4) is 0 Å². The van der Waals surface area contributed by atoms with E-state index >= 15 is 0 Å². The molecule has 2 fully saturated rings. The predicted molar refractivity (Wildman–Crippen MR) is 110 cm³/mol. The third kappa shape index (κ3) is 4.38. The molecule has 0 bridgehead atoms. The second kappa shape index (κ2) is 8.78. The average Bonchev–Trinajstić information content (AvgIpc) is 3.46. The van der Waals surface area contributed by atoms with Crippen LogP contribution < -0.4 is 4.74 Å². The van der Waals surface area contributed by atoms with Crippen LogP contribution in [0, 0.1) is 5.92 Å². The molecule has 0 aliphatic carbocycles. The van der Waals surface area contributed by atoms with Gasteiger partial charge in [-0.15, -0.1) is 11.3 Å². The Morgan fingerprint density at radius 1 is 0.929 bits per heavy atom. The first-order chi connectivity index (χ1) is 13.7. The largest absolute Gasteiger partial charge is 0.493 e. The van der Waals surface area contributed by atoms with Gasteiger partial charge in [-0.25, -0.2) is 0 Å². The second-order valence-corrected chi connectivity index (χ2v) is 8.50. The number of hydrogen-bond donors (Lipinski definition) is 0. The maximum atomic E-state index is 12.4.